The van der Waals surface area contributed by atoms with Gasteiger partial charge in [0.05, 0.1) is 0 Å². The molecule has 4 rings (SSSR count). The first kappa shape index (κ1) is 30.6. The second-order valence-electron chi connectivity index (χ2n) is 13.9. The number of allylic oxidation sites excluding steroid dienone is 2. The Labute approximate surface area is 220 Å². The van der Waals surface area contributed by atoms with E-state index in [0.29, 0.717) is 10.8 Å². The van der Waals surface area contributed by atoms with Gasteiger partial charge in [-0.15, -0.1) is 0 Å². The van der Waals surface area contributed by atoms with E-state index in [9.17, 15) is 0 Å². The maximum atomic E-state index is 8.81. The van der Waals surface area contributed by atoms with Crippen LogP contribution in [0, 0.1) is 52.3 Å². The fraction of sp³-hybridized carbons (Fsp3) is 0.912. The number of hydrogen-bond donors (Lipinski definition) is 0. The van der Waals surface area contributed by atoms with Gasteiger partial charge in [0.15, 0.2) is 0 Å². The van der Waals surface area contributed by atoms with Gasteiger partial charge in [-0.05, 0) is 111 Å². The van der Waals surface area contributed by atoms with Gasteiger partial charge in [0.2, 0.25) is 0 Å². The Balaban J connectivity index is 0.000000551. The number of aldehydes is 1. The smallest absolute Gasteiger partial charge is 0.116 e. The summed E-state index contributed by atoms with van der Waals surface area (Å²) in [5, 5.41) is 0. The van der Waals surface area contributed by atoms with Gasteiger partial charge < -0.3 is 4.79 Å². The van der Waals surface area contributed by atoms with E-state index in [0.717, 1.165) is 47.7 Å². The zero-order valence-electron chi connectivity index (χ0n) is 25.3. The van der Waals surface area contributed by atoms with E-state index >= 15 is 0 Å². The summed E-state index contributed by atoms with van der Waals surface area (Å²) in [6.45, 7) is 21.1. The van der Waals surface area contributed by atoms with Crippen molar-refractivity contribution >= 4 is 6.29 Å². The molecule has 204 valence electrons. The molecule has 8 unspecified atom stereocenters. The third-order valence-corrected chi connectivity index (χ3v) is 11.1. The molecule has 1 heteroatoms. The molecular weight excluding hydrogens is 424 g/mol. The molecule has 0 amide bonds. The molecule has 8 atom stereocenters. The minimum atomic E-state index is 0.553. The van der Waals surface area contributed by atoms with Crippen LogP contribution in [0.1, 0.15) is 146 Å². The van der Waals surface area contributed by atoms with E-state index in [1.807, 2.05) is 5.57 Å². The van der Waals surface area contributed by atoms with Crippen LogP contribution in [0.4, 0.5) is 0 Å². The molecule has 0 saturated heterocycles. The molecule has 35 heavy (non-hydrogen) atoms. The van der Waals surface area contributed by atoms with Gasteiger partial charge >= 0.3 is 0 Å². The molecule has 4 aliphatic carbocycles. The highest BCUT2D eigenvalue weighted by Gasteiger charge is 2.58. The van der Waals surface area contributed by atoms with Crippen LogP contribution in [-0.4, -0.2) is 6.29 Å². The molecule has 3 fully saturated rings. The average molecular weight is 487 g/mol. The molecule has 0 radical (unpaired) electrons. The average Bonchev–Trinajstić information content (AvgIpc) is 3.17. The van der Waals surface area contributed by atoms with Crippen LogP contribution in [0.25, 0.3) is 0 Å². The zero-order valence-corrected chi connectivity index (χ0v) is 25.3. The minimum Gasteiger partial charge on any atom is -0.304 e. The van der Waals surface area contributed by atoms with E-state index in [4.69, 9.17) is 4.79 Å². The first-order valence-electron chi connectivity index (χ1n) is 15.7. The molecule has 0 spiro atoms. The number of unbranched alkanes of at least 4 members (excludes halogenated alkanes) is 1. The van der Waals surface area contributed by atoms with Crippen LogP contribution in [0.15, 0.2) is 11.6 Å². The molecule has 0 aliphatic heterocycles. The molecule has 0 N–H and O–H groups in total. The minimum absolute atomic E-state index is 0.553. The Morgan fingerprint density at radius 2 is 1.63 bits per heavy atom. The van der Waals surface area contributed by atoms with Crippen molar-refractivity contribution in [2.45, 2.75) is 146 Å². The van der Waals surface area contributed by atoms with E-state index in [1.165, 1.54) is 90.4 Å². The number of carbonyl (C=O) groups excluding carboxylic acids is 1. The summed E-state index contributed by atoms with van der Waals surface area (Å²) in [6, 6.07) is 0. The number of hydrogen-bond acceptors (Lipinski definition) is 1. The lowest BCUT2D eigenvalue weighted by atomic mass is 9.46. The summed E-state index contributed by atoms with van der Waals surface area (Å²) in [5.41, 5.74) is 3.06. The van der Waals surface area contributed by atoms with Crippen LogP contribution < -0.4 is 0 Å². The number of carbonyl (C=O) groups is 1. The normalized spacial score (nSPS) is 38.5. The van der Waals surface area contributed by atoms with Crippen LogP contribution in [0.2, 0.25) is 0 Å². The van der Waals surface area contributed by atoms with Crippen LogP contribution in [0.5, 0.6) is 0 Å². The topological polar surface area (TPSA) is 17.1 Å². The monoisotopic (exact) mass is 486 g/mol. The maximum Gasteiger partial charge on any atom is 0.116 e. The second-order valence-corrected chi connectivity index (χ2v) is 13.9. The first-order valence-corrected chi connectivity index (χ1v) is 15.7. The van der Waals surface area contributed by atoms with E-state index in [1.54, 1.807) is 0 Å². The summed E-state index contributed by atoms with van der Waals surface area (Å²) in [4.78, 5) is 8.81. The highest BCUT2D eigenvalue weighted by molar-refractivity contribution is 5.44. The molecule has 0 aromatic rings. The Hall–Kier alpha value is -0.590. The van der Waals surface area contributed by atoms with E-state index < -0.39 is 0 Å². The van der Waals surface area contributed by atoms with Gasteiger partial charge in [0, 0.05) is 0 Å². The number of rotatable bonds is 6. The maximum absolute atomic E-state index is 8.81. The summed E-state index contributed by atoms with van der Waals surface area (Å²) in [7, 11) is 0. The van der Waals surface area contributed by atoms with Crippen LogP contribution >= 0.6 is 0 Å². The predicted octanol–water partition coefficient (Wildman–Crippen LogP) is 10.7. The fourth-order valence-corrected chi connectivity index (χ4v) is 8.87. The van der Waals surface area contributed by atoms with Crippen molar-refractivity contribution in [2.24, 2.45) is 52.3 Å². The van der Waals surface area contributed by atoms with E-state index in [2.05, 4.69) is 61.5 Å². The summed E-state index contributed by atoms with van der Waals surface area (Å²) >= 11 is 0. The highest BCUT2D eigenvalue weighted by Crippen LogP contribution is 2.67. The molecule has 4 aliphatic rings. The highest BCUT2D eigenvalue weighted by atomic mass is 16.1. The lowest BCUT2D eigenvalue weighted by Gasteiger charge is -2.58. The van der Waals surface area contributed by atoms with Gasteiger partial charge in [-0.3, -0.25) is 0 Å². The van der Waals surface area contributed by atoms with Crippen molar-refractivity contribution < 1.29 is 4.79 Å². The molecular formula is C34H62O. The van der Waals surface area contributed by atoms with Crippen molar-refractivity contribution in [3.05, 3.63) is 11.6 Å². The van der Waals surface area contributed by atoms with Gasteiger partial charge in [-0.2, -0.15) is 0 Å². The zero-order chi connectivity index (χ0) is 26.2. The van der Waals surface area contributed by atoms with Gasteiger partial charge in [0.25, 0.3) is 0 Å². The lowest BCUT2D eigenvalue weighted by molar-refractivity contribution is -0.106. The lowest BCUT2D eigenvalue weighted by Crippen LogP contribution is -2.50. The summed E-state index contributed by atoms with van der Waals surface area (Å²) in [6.07, 6.45) is 22.3. The first-order chi connectivity index (χ1) is 16.6. The van der Waals surface area contributed by atoms with Crippen molar-refractivity contribution in [1.82, 2.24) is 0 Å². The van der Waals surface area contributed by atoms with Gasteiger partial charge in [-0.25, -0.2) is 0 Å². The molecule has 0 aromatic heterocycles. The molecule has 1 nitrogen and oxygen atoms in total. The molecule has 0 heterocycles. The third-order valence-electron chi connectivity index (χ3n) is 11.1. The van der Waals surface area contributed by atoms with Crippen LogP contribution in [-0.2, 0) is 4.79 Å². The molecule has 0 bridgehead atoms. The summed E-state index contributed by atoms with van der Waals surface area (Å²) < 4.78 is 0. The van der Waals surface area contributed by atoms with Crippen molar-refractivity contribution in [3.8, 4) is 0 Å². The molecule has 0 aromatic carbocycles. The van der Waals surface area contributed by atoms with Crippen molar-refractivity contribution in [2.75, 3.05) is 0 Å². The van der Waals surface area contributed by atoms with Crippen LogP contribution in [0.3, 0.4) is 0 Å². The molecule has 3 saturated carbocycles. The van der Waals surface area contributed by atoms with Crippen molar-refractivity contribution in [1.29, 1.82) is 0 Å². The number of fused-ring (bicyclic) bond motifs is 5. The Morgan fingerprint density at radius 1 is 0.971 bits per heavy atom. The predicted molar refractivity (Wildman–Crippen MR) is 155 cm³/mol. The standard InChI is InChI=1S/C28H48.C4H10.C2H4O/c1-19(2)8-7-9-21(4)24-12-13-25-23-11-10-22-18-20(3)14-16-27(22,5)26(23)15-17-28(24,25)6;1-3-4-2;1-2-3/h10,19-21,23-26H,7-9,11-18H2,1-6H3;3-4H2,1-2H3;2H,1H3. The van der Waals surface area contributed by atoms with Crippen molar-refractivity contribution in [3.63, 3.8) is 0 Å². The summed E-state index contributed by atoms with van der Waals surface area (Å²) in [5.74, 6) is 6.73. The van der Waals surface area contributed by atoms with E-state index in [-0.39, 0.29) is 0 Å². The Morgan fingerprint density at radius 3 is 2.23 bits per heavy atom. The Bertz CT molecular complexity index is 660. The van der Waals surface area contributed by atoms with Gasteiger partial charge in [-0.1, -0.05) is 99.1 Å². The SMILES string of the molecule is CC(C)CCCC(C)C1CCC2C3CC=C4CC(C)CCC4(C)C3CCC12C.CC=O.CCCC. The fourth-order valence-electron chi connectivity index (χ4n) is 8.87. The quantitative estimate of drug-likeness (QED) is 0.269. The van der Waals surface area contributed by atoms with Gasteiger partial charge in [0.1, 0.15) is 6.29 Å². The second kappa shape index (κ2) is 13.8. The Kier molecular flexibility index (Phi) is 12.1. The third kappa shape index (κ3) is 7.04. The largest absolute Gasteiger partial charge is 0.304 e.